The van der Waals surface area contributed by atoms with E-state index in [4.69, 9.17) is 4.74 Å². The Morgan fingerprint density at radius 2 is 1.82 bits per heavy atom. The Morgan fingerprint density at radius 3 is 2.32 bits per heavy atom. The summed E-state index contributed by atoms with van der Waals surface area (Å²) in [5.41, 5.74) is 0.459. The fourth-order valence-corrected chi connectivity index (χ4v) is 4.52. The Kier molecular flexibility index (Phi) is 3.31. The molecule has 4 heteroatoms. The van der Waals surface area contributed by atoms with Crippen LogP contribution in [-0.2, 0) is 4.74 Å². The van der Waals surface area contributed by atoms with Gasteiger partial charge in [0.15, 0.2) is 0 Å². The number of carbonyl (C=O) groups is 2. The number of hydrogen-bond donors (Lipinski definition) is 1. The minimum Gasteiger partial charge on any atom is -0.478 e. The van der Waals surface area contributed by atoms with Gasteiger partial charge in [-0.05, 0) is 42.7 Å². The molecule has 118 valence electrons. The van der Waals surface area contributed by atoms with Crippen molar-refractivity contribution in [1.82, 2.24) is 0 Å². The molecule has 3 atom stereocenters. The monoisotopic (exact) mass is 302 g/mol. The molecule has 1 N–H and O–H groups in total. The van der Waals surface area contributed by atoms with Crippen LogP contribution in [0.25, 0.3) is 0 Å². The smallest absolute Gasteiger partial charge is 0.339 e. The highest BCUT2D eigenvalue weighted by molar-refractivity contribution is 6.02. The zero-order valence-corrected chi connectivity index (χ0v) is 13.3. The second-order valence-electron chi connectivity index (χ2n) is 7.70. The van der Waals surface area contributed by atoms with Crippen LogP contribution in [0.5, 0.6) is 0 Å². The Morgan fingerprint density at radius 1 is 1.18 bits per heavy atom. The van der Waals surface area contributed by atoms with Crippen LogP contribution in [0, 0.1) is 16.7 Å². The first-order valence-corrected chi connectivity index (χ1v) is 7.76. The summed E-state index contributed by atoms with van der Waals surface area (Å²) in [7, 11) is 0. The first kappa shape index (κ1) is 15.1. The van der Waals surface area contributed by atoms with E-state index in [2.05, 4.69) is 20.8 Å². The van der Waals surface area contributed by atoms with Gasteiger partial charge in [-0.1, -0.05) is 32.9 Å². The van der Waals surface area contributed by atoms with Crippen LogP contribution in [-0.4, -0.2) is 23.1 Å². The molecule has 0 aromatic heterocycles. The predicted molar refractivity (Wildman–Crippen MR) is 81.8 cm³/mol. The number of aromatic carboxylic acids is 1. The lowest BCUT2D eigenvalue weighted by atomic mass is 9.71. The molecule has 3 rings (SSSR count). The average molecular weight is 302 g/mol. The van der Waals surface area contributed by atoms with Gasteiger partial charge in [-0.2, -0.15) is 0 Å². The minimum atomic E-state index is -1.10. The summed E-state index contributed by atoms with van der Waals surface area (Å²) in [5, 5.41) is 9.19. The molecule has 1 aromatic rings. The Labute approximate surface area is 130 Å². The molecule has 0 radical (unpaired) electrons. The molecular formula is C18H22O4. The average Bonchev–Trinajstić information content (AvgIpc) is 2.86. The summed E-state index contributed by atoms with van der Waals surface area (Å²) in [6, 6.07) is 6.23. The van der Waals surface area contributed by atoms with Gasteiger partial charge in [0.2, 0.25) is 0 Å². The van der Waals surface area contributed by atoms with E-state index in [0.717, 1.165) is 19.3 Å². The first-order valence-electron chi connectivity index (χ1n) is 7.76. The van der Waals surface area contributed by atoms with Gasteiger partial charge in [0.05, 0.1) is 11.1 Å². The summed E-state index contributed by atoms with van der Waals surface area (Å²) >= 11 is 0. The second-order valence-corrected chi connectivity index (χ2v) is 7.70. The van der Waals surface area contributed by atoms with Gasteiger partial charge in [0.1, 0.15) is 6.10 Å². The van der Waals surface area contributed by atoms with Gasteiger partial charge in [0.25, 0.3) is 0 Å². The molecular weight excluding hydrogens is 280 g/mol. The van der Waals surface area contributed by atoms with Crippen LogP contribution in [0.2, 0.25) is 0 Å². The molecule has 0 aliphatic heterocycles. The van der Waals surface area contributed by atoms with E-state index in [1.807, 2.05) is 0 Å². The molecule has 2 saturated carbocycles. The van der Waals surface area contributed by atoms with Gasteiger partial charge in [-0.3, -0.25) is 0 Å². The van der Waals surface area contributed by atoms with Crippen molar-refractivity contribution in [1.29, 1.82) is 0 Å². The molecule has 0 saturated heterocycles. The summed E-state index contributed by atoms with van der Waals surface area (Å²) in [6.07, 6.45) is 2.89. The second kappa shape index (κ2) is 4.83. The van der Waals surface area contributed by atoms with Crippen molar-refractivity contribution >= 4 is 11.9 Å². The summed E-state index contributed by atoms with van der Waals surface area (Å²) in [6.45, 7) is 6.74. The van der Waals surface area contributed by atoms with Crippen molar-refractivity contribution in [3.8, 4) is 0 Å². The maximum absolute atomic E-state index is 12.4. The third-order valence-electron chi connectivity index (χ3n) is 5.58. The summed E-state index contributed by atoms with van der Waals surface area (Å²) < 4.78 is 5.72. The van der Waals surface area contributed by atoms with E-state index in [1.54, 1.807) is 12.1 Å². The number of benzene rings is 1. The van der Waals surface area contributed by atoms with Gasteiger partial charge < -0.3 is 9.84 Å². The first-order chi connectivity index (χ1) is 10.2. The van der Waals surface area contributed by atoms with Crippen molar-refractivity contribution in [3.63, 3.8) is 0 Å². The lowest BCUT2D eigenvalue weighted by Gasteiger charge is -2.38. The molecule has 2 aliphatic rings. The predicted octanol–water partition coefficient (Wildman–Crippen LogP) is 3.76. The number of esters is 1. The molecule has 2 aliphatic carbocycles. The molecule has 1 aromatic carbocycles. The molecule has 0 unspecified atom stereocenters. The topological polar surface area (TPSA) is 63.6 Å². The normalized spacial score (nSPS) is 32.0. The highest BCUT2D eigenvalue weighted by Gasteiger charge is 2.58. The van der Waals surface area contributed by atoms with E-state index in [9.17, 15) is 14.7 Å². The van der Waals surface area contributed by atoms with Crippen LogP contribution in [0.1, 0.15) is 60.7 Å². The van der Waals surface area contributed by atoms with Crippen molar-refractivity contribution in [3.05, 3.63) is 35.4 Å². The third kappa shape index (κ3) is 2.31. The fourth-order valence-electron chi connectivity index (χ4n) is 4.52. The summed E-state index contributed by atoms with van der Waals surface area (Å²) in [4.78, 5) is 23.7. The number of ether oxygens (including phenoxy) is 1. The highest BCUT2D eigenvalue weighted by Crippen LogP contribution is 2.63. The maximum atomic E-state index is 12.4. The fraction of sp³-hybridized carbons (Fsp3) is 0.556. The Hall–Kier alpha value is -1.84. The van der Waals surface area contributed by atoms with Gasteiger partial charge in [-0.15, -0.1) is 0 Å². The van der Waals surface area contributed by atoms with Crippen LogP contribution < -0.4 is 0 Å². The molecule has 0 amide bonds. The van der Waals surface area contributed by atoms with Crippen LogP contribution >= 0.6 is 0 Å². The molecule has 0 heterocycles. The van der Waals surface area contributed by atoms with Crippen LogP contribution in [0.15, 0.2) is 24.3 Å². The minimum absolute atomic E-state index is 0.00105. The number of hydrogen-bond acceptors (Lipinski definition) is 3. The lowest BCUT2D eigenvalue weighted by Crippen LogP contribution is -2.37. The van der Waals surface area contributed by atoms with Crippen molar-refractivity contribution < 1.29 is 19.4 Å². The van der Waals surface area contributed by atoms with Crippen molar-refractivity contribution in [2.45, 2.75) is 46.1 Å². The standard InChI is InChI=1S/C18H22O4/c1-17(2)10-18(3)9-11(17)8-14(18)22-16(21)13-7-5-4-6-12(13)15(19)20/h4-7,11,14H,8-10H2,1-3H3,(H,19,20)/t11-,14+,18-/m1/s1. The molecule has 2 bridgehead atoms. The highest BCUT2D eigenvalue weighted by atomic mass is 16.5. The third-order valence-corrected chi connectivity index (χ3v) is 5.58. The van der Waals surface area contributed by atoms with E-state index in [-0.39, 0.29) is 22.6 Å². The number of rotatable bonds is 3. The molecule has 4 nitrogen and oxygen atoms in total. The van der Waals surface area contributed by atoms with Crippen LogP contribution in [0.3, 0.4) is 0 Å². The van der Waals surface area contributed by atoms with Gasteiger partial charge in [0, 0.05) is 5.41 Å². The molecule has 2 fully saturated rings. The van der Waals surface area contributed by atoms with E-state index < -0.39 is 11.9 Å². The Balaban J connectivity index is 1.79. The molecule has 0 spiro atoms. The zero-order chi connectivity index (χ0) is 16.1. The molecule has 22 heavy (non-hydrogen) atoms. The largest absolute Gasteiger partial charge is 0.478 e. The van der Waals surface area contributed by atoms with Gasteiger partial charge in [-0.25, -0.2) is 9.59 Å². The maximum Gasteiger partial charge on any atom is 0.339 e. The SMILES string of the molecule is CC1(C)C[C@@]2(C)C[C@H]1C[C@@H]2OC(=O)c1ccccc1C(=O)O. The van der Waals surface area contributed by atoms with E-state index in [1.165, 1.54) is 12.1 Å². The van der Waals surface area contributed by atoms with Crippen molar-refractivity contribution in [2.24, 2.45) is 16.7 Å². The quantitative estimate of drug-likeness (QED) is 0.864. The number of carboxylic acids is 1. The zero-order valence-electron chi connectivity index (χ0n) is 13.3. The summed E-state index contributed by atoms with van der Waals surface area (Å²) in [5.74, 6) is -1.05. The number of carbonyl (C=O) groups excluding carboxylic acids is 1. The van der Waals surface area contributed by atoms with Crippen LogP contribution in [0.4, 0.5) is 0 Å². The van der Waals surface area contributed by atoms with E-state index >= 15 is 0 Å². The lowest BCUT2D eigenvalue weighted by molar-refractivity contribution is -0.0222. The number of carboxylic acid groups (broad SMARTS) is 1. The van der Waals surface area contributed by atoms with Gasteiger partial charge >= 0.3 is 11.9 Å². The Bertz CT molecular complexity index is 634. The van der Waals surface area contributed by atoms with E-state index in [0.29, 0.717) is 11.3 Å². The number of fused-ring (bicyclic) bond motifs is 2. The van der Waals surface area contributed by atoms with Crippen molar-refractivity contribution in [2.75, 3.05) is 0 Å².